The lowest BCUT2D eigenvalue weighted by molar-refractivity contribution is -0.124. The maximum Gasteiger partial charge on any atom is 0.204 e. The smallest absolute Gasteiger partial charge is 0.204 e. The number of halogens is 1. The van der Waals surface area contributed by atoms with Crippen molar-refractivity contribution in [3.05, 3.63) is 22.5 Å². The van der Waals surface area contributed by atoms with Crippen molar-refractivity contribution in [2.45, 2.75) is 56.7 Å². The van der Waals surface area contributed by atoms with Crippen LogP contribution >= 0.6 is 15.9 Å². The van der Waals surface area contributed by atoms with Gasteiger partial charge in [0.15, 0.2) is 5.58 Å². The molecule has 2 aromatic rings. The second-order valence-corrected chi connectivity index (χ2v) is 8.85. The fourth-order valence-corrected chi connectivity index (χ4v) is 5.65. The highest BCUT2D eigenvalue weighted by atomic mass is 79.9. The number of fused-ring (bicyclic) bond motifs is 3. The topological polar surface area (TPSA) is 82.2 Å². The molecule has 2 aliphatic carbocycles. The van der Waals surface area contributed by atoms with Crippen molar-refractivity contribution in [3.8, 4) is 6.07 Å². The number of furan rings is 1. The molecule has 5 rings (SSSR count). The molecule has 3 heterocycles. The van der Waals surface area contributed by atoms with E-state index >= 15 is 0 Å². The average Bonchev–Trinajstić information content (AvgIpc) is 3.38. The first-order chi connectivity index (χ1) is 13.1. The van der Waals surface area contributed by atoms with Gasteiger partial charge in [-0.3, -0.25) is 9.69 Å². The maximum atomic E-state index is 12.1. The predicted octanol–water partition coefficient (Wildman–Crippen LogP) is 3.85. The molecule has 140 valence electrons. The number of nitriles is 1. The van der Waals surface area contributed by atoms with Gasteiger partial charge in [0, 0.05) is 36.5 Å². The van der Waals surface area contributed by atoms with E-state index in [1.807, 2.05) is 6.07 Å². The number of pyridine rings is 1. The maximum absolute atomic E-state index is 12.1. The molecular weight excluding hydrogens is 408 g/mol. The van der Waals surface area contributed by atoms with E-state index in [1.165, 1.54) is 0 Å². The molecule has 2 atom stereocenters. The van der Waals surface area contributed by atoms with Gasteiger partial charge < -0.3 is 9.73 Å². The van der Waals surface area contributed by atoms with Gasteiger partial charge in [-0.05, 0) is 54.0 Å². The molecule has 7 heteroatoms. The van der Waals surface area contributed by atoms with Crippen LogP contribution in [0, 0.1) is 17.2 Å². The van der Waals surface area contributed by atoms with Gasteiger partial charge >= 0.3 is 0 Å². The van der Waals surface area contributed by atoms with Gasteiger partial charge in [0.2, 0.25) is 5.76 Å². The minimum Gasteiger partial charge on any atom is -0.444 e. The third kappa shape index (κ3) is 2.95. The van der Waals surface area contributed by atoms with E-state index in [4.69, 9.17) is 9.68 Å². The molecule has 0 radical (unpaired) electrons. The molecule has 2 aromatic heterocycles. The van der Waals surface area contributed by atoms with Crippen LogP contribution in [0.5, 0.6) is 0 Å². The molecule has 2 unspecified atom stereocenters. The average molecular weight is 429 g/mol. The van der Waals surface area contributed by atoms with Crippen LogP contribution in [0.2, 0.25) is 0 Å². The fraction of sp³-hybridized carbons (Fsp3) is 0.550. The van der Waals surface area contributed by atoms with E-state index in [0.717, 1.165) is 60.7 Å². The van der Waals surface area contributed by atoms with Crippen molar-refractivity contribution < 1.29 is 9.21 Å². The monoisotopic (exact) mass is 428 g/mol. The van der Waals surface area contributed by atoms with Gasteiger partial charge in [0.25, 0.3) is 0 Å². The van der Waals surface area contributed by atoms with E-state index in [2.05, 4.69) is 31.1 Å². The number of likely N-dealkylation sites (tertiary alicyclic amines) is 1. The lowest BCUT2D eigenvalue weighted by Crippen LogP contribution is -2.47. The number of hydrogen-bond acceptors (Lipinski definition) is 6. The molecule has 1 N–H and O–H groups in total. The van der Waals surface area contributed by atoms with Gasteiger partial charge in [-0.1, -0.05) is 0 Å². The van der Waals surface area contributed by atoms with Gasteiger partial charge in [0.1, 0.15) is 17.7 Å². The van der Waals surface area contributed by atoms with E-state index < -0.39 is 0 Å². The van der Waals surface area contributed by atoms with Gasteiger partial charge in [-0.15, -0.1) is 0 Å². The third-order valence-corrected chi connectivity index (χ3v) is 7.22. The molecule has 0 aromatic carbocycles. The van der Waals surface area contributed by atoms with Crippen LogP contribution in [0.1, 0.15) is 44.3 Å². The Hall–Kier alpha value is -1.91. The zero-order valence-corrected chi connectivity index (χ0v) is 16.5. The van der Waals surface area contributed by atoms with E-state index in [1.54, 1.807) is 12.3 Å². The summed E-state index contributed by atoms with van der Waals surface area (Å²) in [5.41, 5.74) is 0.612. The number of hydrogen-bond donors (Lipinski definition) is 1. The number of piperidine rings is 1. The Bertz CT molecular complexity index is 941. The molecule has 3 fully saturated rings. The molecule has 27 heavy (non-hydrogen) atoms. The third-order valence-electron chi connectivity index (χ3n) is 6.42. The fourth-order valence-electron chi connectivity index (χ4n) is 5.12. The molecule has 6 nitrogen and oxygen atoms in total. The Balaban J connectivity index is 1.24. The highest BCUT2D eigenvalue weighted by Crippen LogP contribution is 2.40. The number of nitrogens with one attached hydrogen (secondary N) is 1. The Morgan fingerprint density at radius 2 is 2.15 bits per heavy atom. The van der Waals surface area contributed by atoms with Crippen molar-refractivity contribution in [2.75, 3.05) is 11.9 Å². The molecule has 0 amide bonds. The summed E-state index contributed by atoms with van der Waals surface area (Å²) in [6, 6.07) is 4.90. The van der Waals surface area contributed by atoms with Crippen LogP contribution in [0.3, 0.4) is 0 Å². The van der Waals surface area contributed by atoms with Crippen LogP contribution in [-0.2, 0) is 4.79 Å². The molecule has 2 saturated carbocycles. The molecule has 1 aliphatic heterocycles. The minimum absolute atomic E-state index is 0.207. The number of Topliss-reactive ketones (excluding diaryl/α,β-unsaturated/α-hetero) is 1. The van der Waals surface area contributed by atoms with E-state index in [-0.39, 0.29) is 6.04 Å². The number of carbonyl (C=O) groups is 1. The predicted molar refractivity (Wildman–Crippen MR) is 104 cm³/mol. The highest BCUT2D eigenvalue weighted by molar-refractivity contribution is 9.10. The van der Waals surface area contributed by atoms with Gasteiger partial charge in [-0.2, -0.15) is 5.26 Å². The van der Waals surface area contributed by atoms with E-state index in [9.17, 15) is 4.79 Å². The number of nitrogens with zero attached hydrogens (tertiary/aromatic N) is 3. The van der Waals surface area contributed by atoms with Crippen molar-refractivity contribution in [3.63, 3.8) is 0 Å². The summed E-state index contributed by atoms with van der Waals surface area (Å²) in [5, 5.41) is 13.4. The van der Waals surface area contributed by atoms with Gasteiger partial charge in [0.05, 0.1) is 16.7 Å². The summed E-state index contributed by atoms with van der Waals surface area (Å²) >= 11 is 3.61. The summed E-state index contributed by atoms with van der Waals surface area (Å²) < 4.78 is 6.27. The molecular formula is C20H21BrN4O2. The number of ketones is 1. The zero-order valence-electron chi connectivity index (χ0n) is 14.9. The summed E-state index contributed by atoms with van der Waals surface area (Å²) in [6.07, 6.45) is 7.96. The lowest BCUT2D eigenvalue weighted by atomic mass is 9.89. The minimum atomic E-state index is 0.207. The number of anilines is 1. The standard InChI is InChI=1S/C20H21BrN4O2/c21-19-15-7-14(8-22)27-18(15)9-23-20(19)24-12-1-3-13(4-2-12)25-10-11-5-16(25)17(26)6-11/h7,9,11-13,16H,1-6,10H2,(H,23,24). The SMILES string of the molecule is N#Cc1cc2c(Br)c(NC3CCC(N4CC5CC(=O)C4C5)CC3)ncc2o1. The first-order valence-corrected chi connectivity index (χ1v) is 10.4. The van der Waals surface area contributed by atoms with Crippen LogP contribution in [-0.4, -0.2) is 40.3 Å². The second kappa shape index (κ2) is 6.61. The molecule has 0 spiro atoms. The Kier molecular flexibility index (Phi) is 4.21. The number of aromatic nitrogens is 1. The lowest BCUT2D eigenvalue weighted by Gasteiger charge is -2.39. The number of carbonyl (C=O) groups excluding carboxylic acids is 1. The van der Waals surface area contributed by atoms with Crippen molar-refractivity contribution in [2.24, 2.45) is 5.92 Å². The Morgan fingerprint density at radius 1 is 1.33 bits per heavy atom. The van der Waals surface area contributed by atoms with Crippen LogP contribution in [0.15, 0.2) is 21.2 Å². The summed E-state index contributed by atoms with van der Waals surface area (Å²) in [7, 11) is 0. The highest BCUT2D eigenvalue weighted by Gasteiger charge is 2.46. The summed E-state index contributed by atoms with van der Waals surface area (Å²) in [5.74, 6) is 2.16. The van der Waals surface area contributed by atoms with Crippen LogP contribution < -0.4 is 5.32 Å². The van der Waals surface area contributed by atoms with E-state index in [0.29, 0.717) is 35.1 Å². The van der Waals surface area contributed by atoms with Gasteiger partial charge in [-0.25, -0.2) is 4.98 Å². The van der Waals surface area contributed by atoms with Crippen LogP contribution in [0.4, 0.5) is 5.82 Å². The zero-order chi connectivity index (χ0) is 18.5. The molecule has 2 bridgehead atoms. The normalized spacial score (nSPS) is 30.7. The number of rotatable bonds is 3. The quantitative estimate of drug-likeness (QED) is 0.799. The van der Waals surface area contributed by atoms with Crippen LogP contribution in [0.25, 0.3) is 11.0 Å². The second-order valence-electron chi connectivity index (χ2n) is 8.06. The Labute approximate surface area is 166 Å². The van der Waals surface area contributed by atoms with Crippen molar-refractivity contribution in [1.29, 1.82) is 5.26 Å². The molecule has 1 saturated heterocycles. The molecule has 3 aliphatic rings. The summed E-state index contributed by atoms with van der Waals surface area (Å²) in [4.78, 5) is 19.0. The van der Waals surface area contributed by atoms with Crippen molar-refractivity contribution in [1.82, 2.24) is 9.88 Å². The Morgan fingerprint density at radius 3 is 2.85 bits per heavy atom. The van der Waals surface area contributed by atoms with Crippen molar-refractivity contribution >= 4 is 38.5 Å². The first kappa shape index (κ1) is 17.2. The first-order valence-electron chi connectivity index (χ1n) is 9.65. The largest absolute Gasteiger partial charge is 0.444 e. The summed E-state index contributed by atoms with van der Waals surface area (Å²) in [6.45, 7) is 1.12.